The first-order valence-electron chi connectivity index (χ1n) is 38.8. The third-order valence-electron chi connectivity index (χ3n) is 24.2. The molecule has 2 bridgehead atoms. The number of carbonyl (C=O) groups is 12. The van der Waals surface area contributed by atoms with Gasteiger partial charge in [0.15, 0.2) is 0 Å². The molecule has 4 aliphatic carbocycles. The quantitative estimate of drug-likeness (QED) is 0.124. The van der Waals surface area contributed by atoms with Gasteiger partial charge in [0, 0.05) is 81.5 Å². The summed E-state index contributed by atoms with van der Waals surface area (Å²) < 4.78 is 121. The molecule has 25 nitrogen and oxygen atoms in total. The van der Waals surface area contributed by atoms with Crippen molar-refractivity contribution in [3.63, 3.8) is 0 Å². The molecule has 4 saturated carbocycles. The van der Waals surface area contributed by atoms with Crippen LogP contribution in [0.25, 0.3) is 0 Å². The lowest BCUT2D eigenvalue weighted by Gasteiger charge is -2.47. The Balaban J connectivity index is 1.32. The Morgan fingerprint density at radius 1 is 0.630 bits per heavy atom. The van der Waals surface area contributed by atoms with E-state index >= 15 is 37.5 Å². The Hall–Kier alpha value is -7.22. The van der Waals surface area contributed by atoms with Gasteiger partial charge in [0.25, 0.3) is 0 Å². The molecule has 1 spiro atoms. The van der Waals surface area contributed by atoms with E-state index in [2.05, 4.69) is 16.0 Å². The van der Waals surface area contributed by atoms with Crippen LogP contribution in [0.15, 0.2) is 12.2 Å². The highest BCUT2D eigenvalue weighted by molar-refractivity contribution is 6.01. The predicted octanol–water partition coefficient (Wildman–Crippen LogP) is 6.50. The number of fused-ring (bicyclic) bond motifs is 3. The molecule has 3 aliphatic heterocycles. The topological polar surface area (TPSA) is 279 Å². The number of rotatable bonds is 14. The van der Waals surface area contributed by atoms with E-state index in [4.69, 9.17) is 4.74 Å². The molecule has 12 atom stereocenters. The van der Waals surface area contributed by atoms with Gasteiger partial charge in [0.05, 0.1) is 31.5 Å². The van der Waals surface area contributed by atoms with Gasteiger partial charge in [-0.3, -0.25) is 57.5 Å². The van der Waals surface area contributed by atoms with Gasteiger partial charge >= 0.3 is 12.4 Å². The van der Waals surface area contributed by atoms with E-state index in [1.165, 1.54) is 57.0 Å². The second-order valence-corrected chi connectivity index (χ2v) is 31.2. The maximum Gasteiger partial charge on any atom is 0.397 e. The third kappa shape index (κ3) is 20.9. The number of hydrogen-bond donors (Lipinski definition) is 3. The number of halogens is 8. The number of nitrogens with one attached hydrogen (secondary N) is 3. The molecule has 7 aliphatic rings. The molecule has 108 heavy (non-hydrogen) atoms. The highest BCUT2D eigenvalue weighted by atomic mass is 19.4. The molecule has 33 heteroatoms. The normalized spacial score (nSPS) is 31.9. The summed E-state index contributed by atoms with van der Waals surface area (Å²) in [7, 11) is 8.00. The van der Waals surface area contributed by atoms with Gasteiger partial charge in [-0.2, -0.15) is 26.3 Å². The minimum Gasteiger partial charge on any atom is -0.377 e. The zero-order valence-electron chi connectivity index (χ0n) is 64.8. The Morgan fingerprint density at radius 2 is 1.25 bits per heavy atom. The van der Waals surface area contributed by atoms with E-state index in [9.17, 15) is 55.1 Å². The van der Waals surface area contributed by atoms with Crippen LogP contribution in [0.4, 0.5) is 35.1 Å². The highest BCUT2D eigenvalue weighted by Crippen LogP contribution is 2.46. The number of ether oxygens (including phenoxy) is 1. The van der Waals surface area contributed by atoms with Crippen LogP contribution in [-0.2, 0) is 62.3 Å². The fraction of sp³-hybridized carbons (Fsp3) is 0.813. The lowest BCUT2D eigenvalue weighted by molar-refractivity contribution is -0.219. The highest BCUT2D eigenvalue weighted by Gasteiger charge is 2.56. The average molecular weight is 1550 g/mol. The third-order valence-corrected chi connectivity index (χ3v) is 24.2. The number of hydrogen-bond acceptors (Lipinski definition) is 13. The number of likely N-dealkylation sites (N-methyl/N-ethyl adjacent to an activating group) is 7. The molecular weight excluding hydrogens is 1430 g/mol. The van der Waals surface area contributed by atoms with Gasteiger partial charge in [0.2, 0.25) is 70.9 Å². The first-order chi connectivity index (χ1) is 50.8. The smallest absolute Gasteiger partial charge is 0.377 e. The molecule has 2 unspecified atom stereocenters. The van der Waals surface area contributed by atoms with Crippen molar-refractivity contribution in [3.8, 4) is 0 Å². The molecule has 0 aromatic rings. The molecular formula is C75H116F8N12O13. The van der Waals surface area contributed by atoms with E-state index in [1.54, 1.807) is 53.7 Å². The zero-order valence-corrected chi connectivity index (χ0v) is 64.8. The van der Waals surface area contributed by atoms with Crippen LogP contribution in [0.2, 0.25) is 0 Å². The zero-order chi connectivity index (χ0) is 80.2. The van der Waals surface area contributed by atoms with Crippen LogP contribution in [-0.4, -0.2) is 288 Å². The largest absolute Gasteiger partial charge is 0.397 e. The Kier molecular flexibility index (Phi) is 31.1. The SMILES string of the molecule is CCO[C@@H]1C[C@H]2C(=O)NC3(CCC3)C(=O)N(C)[C@@H](C3CCCC3)C(=O)N(C)[C@H](C(=O)N(CC)CC)CC(=O)N(C)[C@@H](CC)C(=O)N[C@@H]([C@@H](C)CC)C(=O)N(C)CC(=O)N(C)[C@H]3C/C=C\CCN(C3=O)[C@@H](CC3CCC(C(F)(F)F)CC3)C(=O)N(C)CC(=O)N[C@@H](CCC3CC(F)C(C(F)(F)F)C(F)C3)C(=O)N2C1. The van der Waals surface area contributed by atoms with Gasteiger partial charge in [-0.15, -0.1) is 0 Å². The van der Waals surface area contributed by atoms with Crippen molar-refractivity contribution in [3.05, 3.63) is 12.2 Å². The minimum absolute atomic E-state index is 0.000289. The van der Waals surface area contributed by atoms with E-state index < -0.39 is 230 Å². The molecule has 12 amide bonds. The van der Waals surface area contributed by atoms with Gasteiger partial charge < -0.3 is 64.8 Å². The van der Waals surface area contributed by atoms with E-state index in [-0.39, 0.29) is 110 Å². The van der Waals surface area contributed by atoms with Crippen LogP contribution in [0, 0.1) is 35.5 Å². The number of amides is 12. The van der Waals surface area contributed by atoms with Crippen LogP contribution in [0.3, 0.4) is 0 Å². The summed E-state index contributed by atoms with van der Waals surface area (Å²) in [6.45, 7) is 8.66. The summed E-state index contributed by atoms with van der Waals surface area (Å²) in [5, 5.41) is 8.38. The summed E-state index contributed by atoms with van der Waals surface area (Å²) in [4.78, 5) is 192. The lowest BCUT2D eigenvalue weighted by Crippen LogP contribution is -2.68. The first kappa shape index (κ1) is 88.0. The summed E-state index contributed by atoms with van der Waals surface area (Å²) in [5.41, 5.74) is -1.69. The maximum atomic E-state index is 15.6. The van der Waals surface area contributed by atoms with E-state index in [0.717, 1.165) is 29.4 Å². The second kappa shape index (κ2) is 38.1. The molecule has 0 radical (unpaired) electrons. The summed E-state index contributed by atoms with van der Waals surface area (Å²) in [6, 6.07) is -11.3. The van der Waals surface area contributed by atoms with Gasteiger partial charge in [0.1, 0.15) is 72.1 Å². The van der Waals surface area contributed by atoms with Crippen molar-refractivity contribution in [2.24, 2.45) is 35.5 Å². The van der Waals surface area contributed by atoms with Crippen LogP contribution in [0.1, 0.15) is 183 Å². The van der Waals surface area contributed by atoms with Gasteiger partial charge in [-0.05, 0) is 154 Å². The molecule has 2 saturated heterocycles. The monoisotopic (exact) mass is 1540 g/mol. The van der Waals surface area contributed by atoms with E-state index in [0.29, 0.717) is 38.5 Å². The van der Waals surface area contributed by atoms with Gasteiger partial charge in [-0.1, -0.05) is 52.2 Å². The fourth-order valence-corrected chi connectivity index (χ4v) is 17.2. The Labute approximate surface area is 629 Å². The van der Waals surface area contributed by atoms with Crippen molar-refractivity contribution < 1.29 is 97.4 Å². The van der Waals surface area contributed by atoms with Crippen molar-refractivity contribution >= 4 is 70.9 Å². The lowest BCUT2D eigenvalue weighted by atomic mass is 9.74. The van der Waals surface area contributed by atoms with Crippen LogP contribution < -0.4 is 16.0 Å². The van der Waals surface area contributed by atoms with Crippen molar-refractivity contribution in [1.82, 2.24) is 60.0 Å². The molecule has 0 aromatic carbocycles. The number of nitrogens with zero attached hydrogens (tertiary/aromatic N) is 9. The minimum atomic E-state index is -5.22. The molecule has 3 N–H and O–H groups in total. The van der Waals surface area contributed by atoms with E-state index in [1.807, 2.05) is 0 Å². The molecule has 7 rings (SSSR count). The fourth-order valence-electron chi connectivity index (χ4n) is 17.2. The average Bonchev–Trinajstić information content (AvgIpc) is 1.15. The molecule has 610 valence electrons. The predicted molar refractivity (Wildman–Crippen MR) is 381 cm³/mol. The summed E-state index contributed by atoms with van der Waals surface area (Å²) in [6.07, 6.45) is -13.2. The van der Waals surface area contributed by atoms with Gasteiger partial charge in [-0.25, -0.2) is 8.78 Å². The van der Waals surface area contributed by atoms with Crippen molar-refractivity contribution in [1.29, 1.82) is 0 Å². The number of carbonyl (C=O) groups excluding carboxylic acids is 12. The first-order valence-corrected chi connectivity index (χ1v) is 38.8. The number of alkyl halides is 8. The molecule has 0 aromatic heterocycles. The van der Waals surface area contributed by atoms with Crippen molar-refractivity contribution in [2.75, 3.05) is 88.2 Å². The maximum absolute atomic E-state index is 15.6. The summed E-state index contributed by atoms with van der Waals surface area (Å²) in [5.74, 6) is -16.7. The molecule has 6 fully saturated rings. The van der Waals surface area contributed by atoms with Crippen LogP contribution >= 0.6 is 0 Å². The molecule has 3 heterocycles. The van der Waals surface area contributed by atoms with Crippen LogP contribution in [0.5, 0.6) is 0 Å². The van der Waals surface area contributed by atoms with Crippen molar-refractivity contribution in [2.45, 2.75) is 267 Å². The second-order valence-electron chi connectivity index (χ2n) is 31.2. The standard InChI is InChI=1S/C75H116F8N12O13/c1-13-44(6)62-70(105)88(8)43-60(98)90(10)54-26-19-18-22-35-94(69(54)104)57(38-45-27-30-48(31-28-45)74(78,79)80)67(102)87(7)42-58(96)84-52(32-29-46-36-50(76)61(51(77)37-46)75(81,82)83)66(101)95-41-49(108-17-5)39-55(95)65(100)86-73(33-23-34-73)72(107)92(12)63(47-24-20-21-25-47)71(106)91(11)56(68(103)93(15-3)16-4)40-59(97)89(9)53(14-2)64(99)85-62/h18-19,44-57,61-63H,13-17,20-43H2,1-12H3,(H,84,96)(H,85,99)(H,86,100)/b19-18-/t44-,45?,46?,48?,49+,50?,51?,52-,53-,54-,55-,56-,57-,61?,62-,63-/m0/s1. The summed E-state index contributed by atoms with van der Waals surface area (Å²) >= 11 is 0. The Bertz CT molecular complexity index is 3210. The Morgan fingerprint density at radius 3 is 1.81 bits per heavy atom.